The molecule has 0 aromatic carbocycles. The van der Waals surface area contributed by atoms with Gasteiger partial charge < -0.3 is 0 Å². The Morgan fingerprint density at radius 2 is 1.91 bits per heavy atom. The van der Waals surface area contributed by atoms with Crippen molar-refractivity contribution in [2.24, 2.45) is 5.14 Å². The first kappa shape index (κ1) is 10.8. The molecule has 0 aromatic heterocycles. The zero-order chi connectivity index (χ0) is 8.74. The third-order valence-corrected chi connectivity index (χ3v) is 1.76. The van der Waals surface area contributed by atoms with Gasteiger partial charge in [0.05, 0.1) is 0 Å². The fourth-order valence-electron chi connectivity index (χ4n) is 0.641. The van der Waals surface area contributed by atoms with Crippen LogP contribution in [0.5, 0.6) is 0 Å². The summed E-state index contributed by atoms with van der Waals surface area (Å²) in [5.74, 6) is 0. The lowest BCUT2D eigenvalue weighted by molar-refractivity contribution is 0.576. The van der Waals surface area contributed by atoms with E-state index in [0.29, 0.717) is 13.1 Å². The highest BCUT2D eigenvalue weighted by molar-refractivity contribution is 7.87. The Balaban J connectivity index is 3.16. The van der Waals surface area contributed by atoms with Crippen LogP contribution in [-0.4, -0.2) is 21.5 Å². The molecule has 0 aromatic rings. The van der Waals surface area contributed by atoms with Crippen LogP contribution in [-0.2, 0) is 10.2 Å². The fourth-order valence-corrected chi connectivity index (χ4v) is 1.07. The van der Waals surface area contributed by atoms with Gasteiger partial charge in [0.1, 0.15) is 0 Å². The first-order chi connectivity index (χ1) is 5.06. The van der Waals surface area contributed by atoms with Gasteiger partial charge in [-0.15, -0.1) is 0 Å². The van der Waals surface area contributed by atoms with Gasteiger partial charge in [-0.1, -0.05) is 6.42 Å². The molecule has 0 amide bonds. The van der Waals surface area contributed by atoms with Crippen molar-refractivity contribution in [2.45, 2.75) is 19.3 Å². The number of hydrogen-bond acceptors (Lipinski definition) is 2. The summed E-state index contributed by atoms with van der Waals surface area (Å²) in [6.07, 6.45) is 2.42. The molecule has 0 rings (SSSR count). The van der Waals surface area contributed by atoms with Crippen molar-refractivity contribution in [1.82, 2.24) is 10.5 Å². The Bertz CT molecular complexity index is 178. The molecule has 6 heteroatoms. The second-order valence-corrected chi connectivity index (χ2v) is 3.63. The normalized spacial score (nSPS) is 11.8. The van der Waals surface area contributed by atoms with Gasteiger partial charge in [0.2, 0.25) is 0 Å². The molecular weight excluding hydrogens is 166 g/mol. The van der Waals surface area contributed by atoms with Crippen LogP contribution in [0.4, 0.5) is 0 Å². The van der Waals surface area contributed by atoms with Gasteiger partial charge in [-0.05, 0) is 12.8 Å². The van der Waals surface area contributed by atoms with Crippen molar-refractivity contribution >= 4 is 10.2 Å². The van der Waals surface area contributed by atoms with Gasteiger partial charge >= 0.3 is 0 Å². The average Bonchev–Trinajstić information content (AvgIpc) is 1.85. The molecule has 1 radical (unpaired) electrons. The van der Waals surface area contributed by atoms with E-state index >= 15 is 0 Å². The second-order valence-electron chi connectivity index (χ2n) is 2.25. The van der Waals surface area contributed by atoms with E-state index in [0.717, 1.165) is 19.3 Å². The molecule has 5 nitrogen and oxygen atoms in total. The molecule has 0 saturated carbocycles. The van der Waals surface area contributed by atoms with Gasteiger partial charge in [-0.3, -0.25) is 5.73 Å². The largest absolute Gasteiger partial charge is 0.274 e. The monoisotopic (exact) mass is 180 g/mol. The predicted molar refractivity (Wildman–Crippen MR) is 42.9 cm³/mol. The highest BCUT2D eigenvalue weighted by Crippen LogP contribution is 1.91. The maximum atomic E-state index is 10.3. The topological polar surface area (TPSA) is 96.0 Å². The van der Waals surface area contributed by atoms with Gasteiger partial charge in [-0.2, -0.15) is 8.42 Å². The Morgan fingerprint density at radius 1 is 1.27 bits per heavy atom. The van der Waals surface area contributed by atoms with Crippen LogP contribution < -0.4 is 15.6 Å². The lowest BCUT2D eigenvalue weighted by Gasteiger charge is -1.99. The van der Waals surface area contributed by atoms with E-state index in [1.54, 1.807) is 0 Å². The average molecular weight is 180 g/mol. The molecule has 67 valence electrons. The summed E-state index contributed by atoms with van der Waals surface area (Å²) in [4.78, 5) is 0. The van der Waals surface area contributed by atoms with Crippen molar-refractivity contribution in [2.75, 3.05) is 13.1 Å². The van der Waals surface area contributed by atoms with Crippen molar-refractivity contribution in [3.8, 4) is 0 Å². The molecule has 0 aliphatic rings. The quantitative estimate of drug-likeness (QED) is 0.525. The third-order valence-electron chi connectivity index (χ3n) is 1.16. The zero-order valence-corrected chi connectivity index (χ0v) is 7.15. The Morgan fingerprint density at radius 3 is 2.36 bits per heavy atom. The summed E-state index contributed by atoms with van der Waals surface area (Å²) in [7, 11) is -3.51. The van der Waals surface area contributed by atoms with E-state index < -0.39 is 10.2 Å². The minimum absolute atomic E-state index is 0.374. The minimum atomic E-state index is -3.51. The number of nitrogens with two attached hydrogens (primary N) is 1. The molecule has 0 atom stereocenters. The molecule has 0 spiro atoms. The van der Waals surface area contributed by atoms with Crippen LogP contribution in [0.3, 0.4) is 0 Å². The van der Waals surface area contributed by atoms with Gasteiger partial charge in [-0.25, -0.2) is 9.86 Å². The minimum Gasteiger partial charge on any atom is -0.258 e. The van der Waals surface area contributed by atoms with Crippen molar-refractivity contribution in [3.05, 3.63) is 0 Å². The van der Waals surface area contributed by atoms with Crippen LogP contribution in [0.1, 0.15) is 19.3 Å². The van der Waals surface area contributed by atoms with Crippen molar-refractivity contribution in [1.29, 1.82) is 0 Å². The lowest BCUT2D eigenvalue weighted by Crippen LogP contribution is -2.31. The first-order valence-corrected chi connectivity index (χ1v) is 5.03. The smallest absolute Gasteiger partial charge is 0.258 e. The maximum absolute atomic E-state index is 10.3. The summed E-state index contributed by atoms with van der Waals surface area (Å²) in [6, 6.07) is 0. The number of unbranched alkanes of at least 4 members (excludes halogenated alkanes) is 2. The Labute approximate surface area is 67.3 Å². The number of hydrogen-bond donors (Lipinski definition) is 2. The molecule has 0 bridgehead atoms. The van der Waals surface area contributed by atoms with E-state index in [2.05, 4.69) is 9.86 Å². The summed E-state index contributed by atoms with van der Waals surface area (Å²) in [6.45, 7) is 0.772. The summed E-state index contributed by atoms with van der Waals surface area (Å²) in [5, 5.41) is 4.67. The lowest BCUT2D eigenvalue weighted by atomic mass is 10.2. The first-order valence-electron chi connectivity index (χ1n) is 3.48. The Hall–Kier alpha value is -0.170. The summed E-state index contributed by atoms with van der Waals surface area (Å²) < 4.78 is 22.8. The SMILES string of the molecule is [NH]CCCCCNS(N)(=O)=O. The molecule has 4 N–H and O–H groups in total. The van der Waals surface area contributed by atoms with E-state index in [-0.39, 0.29) is 0 Å². The van der Waals surface area contributed by atoms with Gasteiger partial charge in [0, 0.05) is 13.1 Å². The van der Waals surface area contributed by atoms with E-state index in [1.807, 2.05) is 0 Å². The zero-order valence-electron chi connectivity index (χ0n) is 6.34. The van der Waals surface area contributed by atoms with Gasteiger partial charge in [0.15, 0.2) is 0 Å². The predicted octanol–water partition coefficient (Wildman–Crippen LogP) is -0.767. The maximum Gasteiger partial charge on any atom is 0.274 e. The summed E-state index contributed by atoms with van der Waals surface area (Å²) >= 11 is 0. The fraction of sp³-hybridized carbons (Fsp3) is 1.00. The van der Waals surface area contributed by atoms with Crippen LogP contribution in [0.25, 0.3) is 0 Å². The molecule has 0 unspecified atom stereocenters. The number of nitrogens with one attached hydrogen (secondary N) is 2. The van der Waals surface area contributed by atoms with E-state index in [9.17, 15) is 8.42 Å². The van der Waals surface area contributed by atoms with Crippen LogP contribution in [0, 0.1) is 0 Å². The van der Waals surface area contributed by atoms with Crippen LogP contribution in [0.15, 0.2) is 0 Å². The molecule has 0 heterocycles. The standard InChI is InChI=1S/C5H14N3O2S/c6-4-2-1-3-5-8-11(7,9)10/h6,8H,1-5H2,(H2,7,9,10). The Kier molecular flexibility index (Phi) is 5.39. The number of rotatable bonds is 6. The molecule has 0 fully saturated rings. The van der Waals surface area contributed by atoms with Crippen molar-refractivity contribution in [3.63, 3.8) is 0 Å². The van der Waals surface area contributed by atoms with E-state index in [4.69, 9.17) is 5.73 Å². The second kappa shape index (κ2) is 5.48. The van der Waals surface area contributed by atoms with Crippen LogP contribution in [0.2, 0.25) is 0 Å². The van der Waals surface area contributed by atoms with E-state index in [1.165, 1.54) is 0 Å². The highest BCUT2D eigenvalue weighted by atomic mass is 32.2. The van der Waals surface area contributed by atoms with Crippen molar-refractivity contribution < 1.29 is 8.42 Å². The van der Waals surface area contributed by atoms with Gasteiger partial charge in [0.25, 0.3) is 10.2 Å². The molecule has 0 saturated heterocycles. The summed E-state index contributed by atoms with van der Waals surface area (Å²) in [5.41, 5.74) is 6.80. The molecular formula is C5H14N3O2S. The molecule has 11 heavy (non-hydrogen) atoms. The third kappa shape index (κ3) is 9.83. The van der Waals surface area contributed by atoms with Crippen LogP contribution >= 0.6 is 0 Å². The highest BCUT2D eigenvalue weighted by Gasteiger charge is 1.97. The molecule has 0 aliphatic carbocycles. The molecule has 0 aliphatic heterocycles.